The molecule has 0 aromatic heterocycles. The number of ether oxygens (including phenoxy) is 2. The number of aryl methyl sites for hydroxylation is 1. The molecule has 7 nitrogen and oxygen atoms in total. The van der Waals surface area contributed by atoms with Gasteiger partial charge in [0, 0.05) is 19.8 Å². The minimum atomic E-state index is -3.59. The lowest BCUT2D eigenvalue weighted by molar-refractivity contribution is -0.117. The Kier molecular flexibility index (Phi) is 4.96. The number of amides is 1. The van der Waals surface area contributed by atoms with Crippen molar-refractivity contribution in [2.75, 3.05) is 32.6 Å². The third-order valence-corrected chi connectivity index (χ3v) is 5.33. The van der Waals surface area contributed by atoms with Crippen molar-refractivity contribution in [2.45, 2.75) is 18.7 Å². The predicted octanol–water partition coefficient (Wildman–Crippen LogP) is 1.38. The van der Waals surface area contributed by atoms with Gasteiger partial charge in [-0.15, -0.1) is 0 Å². The number of rotatable bonds is 4. The standard InChI is InChI=1S/C15H20N2O5S/c1-10-7-12(23(19,20)17(3)4)8-13(11(10)2)16-15(18)14-9-21-5-6-22-14/h7-9H,5-6H2,1-4H3,(H,16,18). The van der Waals surface area contributed by atoms with Crippen molar-refractivity contribution in [3.05, 3.63) is 35.3 Å². The highest BCUT2D eigenvalue weighted by Gasteiger charge is 2.21. The minimum absolute atomic E-state index is 0.0640. The molecular formula is C15H20N2O5S. The molecule has 1 aliphatic heterocycles. The van der Waals surface area contributed by atoms with Crippen LogP contribution in [0, 0.1) is 13.8 Å². The van der Waals surface area contributed by atoms with E-state index in [0.717, 1.165) is 15.4 Å². The highest BCUT2D eigenvalue weighted by molar-refractivity contribution is 7.89. The molecule has 0 aliphatic carbocycles. The smallest absolute Gasteiger partial charge is 0.294 e. The summed E-state index contributed by atoms with van der Waals surface area (Å²) >= 11 is 0. The lowest BCUT2D eigenvalue weighted by Crippen LogP contribution is -2.24. The fourth-order valence-electron chi connectivity index (χ4n) is 1.99. The Hall–Kier alpha value is -2.06. The minimum Gasteiger partial charge on any atom is -0.494 e. The van der Waals surface area contributed by atoms with Gasteiger partial charge in [-0.1, -0.05) is 0 Å². The van der Waals surface area contributed by atoms with Gasteiger partial charge in [-0.2, -0.15) is 0 Å². The Labute approximate surface area is 135 Å². The first-order valence-corrected chi connectivity index (χ1v) is 8.47. The van der Waals surface area contributed by atoms with Crippen molar-refractivity contribution >= 4 is 21.6 Å². The third kappa shape index (κ3) is 3.65. The van der Waals surface area contributed by atoms with E-state index >= 15 is 0 Å². The van der Waals surface area contributed by atoms with Gasteiger partial charge in [0.05, 0.1) is 4.90 Å². The van der Waals surface area contributed by atoms with Crippen LogP contribution in [0.25, 0.3) is 0 Å². The molecule has 8 heteroatoms. The van der Waals surface area contributed by atoms with E-state index in [4.69, 9.17) is 9.47 Å². The quantitative estimate of drug-likeness (QED) is 0.895. The summed E-state index contributed by atoms with van der Waals surface area (Å²) < 4.78 is 36.0. The van der Waals surface area contributed by atoms with Gasteiger partial charge in [0.2, 0.25) is 15.8 Å². The van der Waals surface area contributed by atoms with Crippen LogP contribution in [0.2, 0.25) is 0 Å². The van der Waals surface area contributed by atoms with Gasteiger partial charge in [-0.05, 0) is 37.1 Å². The van der Waals surface area contributed by atoms with Crippen LogP contribution in [0.5, 0.6) is 0 Å². The fourth-order valence-corrected chi connectivity index (χ4v) is 3.00. The van der Waals surface area contributed by atoms with Crippen molar-refractivity contribution in [1.82, 2.24) is 4.31 Å². The molecule has 0 spiro atoms. The first kappa shape index (κ1) is 17.3. The molecule has 23 heavy (non-hydrogen) atoms. The second-order valence-electron chi connectivity index (χ2n) is 5.36. The molecule has 1 N–H and O–H groups in total. The molecule has 1 amide bonds. The zero-order chi connectivity index (χ0) is 17.2. The Bertz CT molecular complexity index is 753. The maximum absolute atomic E-state index is 12.3. The maximum atomic E-state index is 12.3. The fraction of sp³-hybridized carbons (Fsp3) is 0.400. The highest BCUT2D eigenvalue weighted by Crippen LogP contribution is 2.26. The van der Waals surface area contributed by atoms with Gasteiger partial charge in [0.1, 0.15) is 19.5 Å². The van der Waals surface area contributed by atoms with Gasteiger partial charge in [-0.25, -0.2) is 12.7 Å². The van der Waals surface area contributed by atoms with Crippen LogP contribution in [-0.4, -0.2) is 45.9 Å². The van der Waals surface area contributed by atoms with Crippen LogP contribution < -0.4 is 5.32 Å². The van der Waals surface area contributed by atoms with Gasteiger partial charge in [0.25, 0.3) is 5.91 Å². The van der Waals surface area contributed by atoms with Gasteiger partial charge >= 0.3 is 0 Å². The zero-order valence-corrected chi connectivity index (χ0v) is 14.4. The normalized spacial score (nSPS) is 14.7. The van der Waals surface area contributed by atoms with E-state index in [9.17, 15) is 13.2 Å². The summed E-state index contributed by atoms with van der Waals surface area (Å²) in [6.07, 6.45) is 1.25. The van der Waals surface area contributed by atoms with Crippen molar-refractivity contribution in [3.63, 3.8) is 0 Å². The summed E-state index contributed by atoms with van der Waals surface area (Å²) in [5, 5.41) is 2.68. The van der Waals surface area contributed by atoms with E-state index in [-0.39, 0.29) is 10.7 Å². The van der Waals surface area contributed by atoms with E-state index < -0.39 is 15.9 Å². The van der Waals surface area contributed by atoms with Crippen LogP contribution in [0.4, 0.5) is 5.69 Å². The molecule has 0 atom stereocenters. The predicted molar refractivity (Wildman–Crippen MR) is 85.4 cm³/mol. The Morgan fingerprint density at radius 1 is 1.22 bits per heavy atom. The number of nitrogens with one attached hydrogen (secondary N) is 1. The summed E-state index contributed by atoms with van der Waals surface area (Å²) in [6.45, 7) is 4.29. The average Bonchev–Trinajstić information content (AvgIpc) is 2.52. The molecule has 0 unspecified atom stereocenters. The SMILES string of the molecule is Cc1cc(S(=O)(=O)N(C)C)cc(NC(=O)C2=COCCO2)c1C. The number of benzene rings is 1. The van der Waals surface area contributed by atoms with Crippen LogP contribution >= 0.6 is 0 Å². The number of carbonyl (C=O) groups is 1. The van der Waals surface area contributed by atoms with E-state index in [2.05, 4.69) is 5.32 Å². The van der Waals surface area contributed by atoms with E-state index in [1.165, 1.54) is 26.4 Å². The van der Waals surface area contributed by atoms with Crippen LogP contribution in [-0.2, 0) is 24.3 Å². The summed E-state index contributed by atoms with van der Waals surface area (Å²) in [5.74, 6) is -0.416. The average molecular weight is 340 g/mol. The summed E-state index contributed by atoms with van der Waals surface area (Å²) in [4.78, 5) is 12.3. The van der Waals surface area contributed by atoms with Crippen LogP contribution in [0.15, 0.2) is 29.0 Å². The first-order valence-electron chi connectivity index (χ1n) is 7.03. The van der Waals surface area contributed by atoms with Gasteiger partial charge in [0.15, 0.2) is 0 Å². The number of nitrogens with zero attached hydrogens (tertiary/aromatic N) is 1. The second-order valence-corrected chi connectivity index (χ2v) is 7.51. The Morgan fingerprint density at radius 3 is 2.48 bits per heavy atom. The molecule has 1 aromatic carbocycles. The van der Waals surface area contributed by atoms with Crippen molar-refractivity contribution in [1.29, 1.82) is 0 Å². The molecule has 0 saturated heterocycles. The molecule has 1 aromatic rings. The summed E-state index contributed by atoms with van der Waals surface area (Å²) in [7, 11) is -0.670. The number of hydrogen-bond acceptors (Lipinski definition) is 5. The number of sulfonamides is 1. The lowest BCUT2D eigenvalue weighted by atomic mass is 10.1. The number of anilines is 1. The Morgan fingerprint density at radius 2 is 1.91 bits per heavy atom. The van der Waals surface area contributed by atoms with Crippen LogP contribution in [0.1, 0.15) is 11.1 Å². The van der Waals surface area contributed by atoms with Gasteiger partial charge in [-0.3, -0.25) is 4.79 Å². The molecule has 2 rings (SSSR count). The molecule has 1 heterocycles. The number of carbonyl (C=O) groups excluding carboxylic acids is 1. The van der Waals surface area contributed by atoms with Gasteiger partial charge < -0.3 is 14.8 Å². The second kappa shape index (κ2) is 6.59. The maximum Gasteiger partial charge on any atom is 0.294 e. The van der Waals surface area contributed by atoms with Crippen molar-refractivity contribution in [2.24, 2.45) is 0 Å². The molecule has 0 radical (unpaired) electrons. The molecule has 0 fully saturated rings. The highest BCUT2D eigenvalue weighted by atomic mass is 32.2. The summed E-state index contributed by atoms with van der Waals surface area (Å²) in [6, 6.07) is 3.03. The third-order valence-electron chi connectivity index (χ3n) is 3.54. The largest absolute Gasteiger partial charge is 0.494 e. The Balaban J connectivity index is 2.37. The molecule has 0 bridgehead atoms. The van der Waals surface area contributed by atoms with Crippen molar-refractivity contribution < 1.29 is 22.7 Å². The van der Waals surface area contributed by atoms with E-state index in [0.29, 0.717) is 18.9 Å². The van der Waals surface area contributed by atoms with Crippen molar-refractivity contribution in [3.8, 4) is 0 Å². The molecular weight excluding hydrogens is 320 g/mol. The zero-order valence-electron chi connectivity index (χ0n) is 13.5. The molecule has 126 valence electrons. The van der Waals surface area contributed by atoms with E-state index in [1.807, 2.05) is 6.92 Å². The molecule has 1 aliphatic rings. The first-order chi connectivity index (χ1) is 10.7. The monoisotopic (exact) mass is 340 g/mol. The van der Waals surface area contributed by atoms with Crippen LogP contribution in [0.3, 0.4) is 0 Å². The van der Waals surface area contributed by atoms with E-state index in [1.54, 1.807) is 13.0 Å². The topological polar surface area (TPSA) is 84.9 Å². The lowest BCUT2D eigenvalue weighted by Gasteiger charge is -2.18. The summed E-state index contributed by atoms with van der Waals surface area (Å²) in [5.41, 5.74) is 1.97. The number of hydrogen-bond donors (Lipinski definition) is 1. The molecule has 0 saturated carbocycles.